The number of anilines is 1. The SMILES string of the molecule is COC(=O)C(CCC(N)=O)NC(=O)c1cc(NC[C@@H]2C[C@H](S)CN2)ccc1-c1ccccc1. The maximum absolute atomic E-state index is 13.3. The minimum atomic E-state index is -0.981. The van der Waals surface area contributed by atoms with Crippen LogP contribution in [-0.4, -0.2) is 55.3 Å². The Balaban J connectivity index is 1.84. The average Bonchev–Trinajstić information content (AvgIpc) is 3.25. The molecule has 0 bridgehead atoms. The van der Waals surface area contributed by atoms with Gasteiger partial charge in [0.05, 0.1) is 7.11 Å². The number of carbonyl (C=O) groups excluding carboxylic acids is 3. The highest BCUT2D eigenvalue weighted by Crippen LogP contribution is 2.27. The molecule has 0 spiro atoms. The summed E-state index contributed by atoms with van der Waals surface area (Å²) in [5, 5.41) is 9.84. The molecule has 9 heteroatoms. The van der Waals surface area contributed by atoms with Gasteiger partial charge in [0.25, 0.3) is 5.91 Å². The molecule has 0 saturated carbocycles. The summed E-state index contributed by atoms with van der Waals surface area (Å²) >= 11 is 4.51. The number of rotatable bonds is 10. The van der Waals surface area contributed by atoms with Crippen molar-refractivity contribution < 1.29 is 19.1 Å². The number of amides is 2. The first kappa shape index (κ1) is 24.6. The van der Waals surface area contributed by atoms with Crippen LogP contribution in [0.4, 0.5) is 5.69 Å². The van der Waals surface area contributed by atoms with Crippen molar-refractivity contribution in [2.45, 2.75) is 36.6 Å². The van der Waals surface area contributed by atoms with Gasteiger partial charge in [0, 0.05) is 42.1 Å². The Bertz CT molecular complexity index is 986. The maximum Gasteiger partial charge on any atom is 0.328 e. The van der Waals surface area contributed by atoms with E-state index in [0.717, 1.165) is 29.8 Å². The van der Waals surface area contributed by atoms with Crippen molar-refractivity contribution in [3.05, 3.63) is 54.1 Å². The van der Waals surface area contributed by atoms with Crippen LogP contribution in [0.3, 0.4) is 0 Å². The molecule has 2 aromatic carbocycles. The highest BCUT2D eigenvalue weighted by Gasteiger charge is 2.25. The van der Waals surface area contributed by atoms with E-state index in [1.165, 1.54) is 7.11 Å². The lowest BCUT2D eigenvalue weighted by Crippen LogP contribution is -2.42. The number of esters is 1. The Morgan fingerprint density at radius 3 is 2.61 bits per heavy atom. The molecule has 5 N–H and O–H groups in total. The summed E-state index contributed by atoms with van der Waals surface area (Å²) in [6.45, 7) is 1.57. The van der Waals surface area contributed by atoms with E-state index >= 15 is 0 Å². The summed E-state index contributed by atoms with van der Waals surface area (Å²) < 4.78 is 4.79. The van der Waals surface area contributed by atoms with Crippen molar-refractivity contribution in [1.29, 1.82) is 0 Å². The minimum Gasteiger partial charge on any atom is -0.467 e. The van der Waals surface area contributed by atoms with Gasteiger partial charge in [-0.25, -0.2) is 4.79 Å². The van der Waals surface area contributed by atoms with E-state index < -0.39 is 23.8 Å². The topological polar surface area (TPSA) is 123 Å². The molecule has 8 nitrogen and oxygen atoms in total. The number of carbonyl (C=O) groups is 3. The molecule has 1 heterocycles. The molecule has 1 aliphatic heterocycles. The summed E-state index contributed by atoms with van der Waals surface area (Å²) in [5.74, 6) is -1.63. The van der Waals surface area contributed by atoms with Crippen molar-refractivity contribution in [1.82, 2.24) is 10.6 Å². The van der Waals surface area contributed by atoms with Gasteiger partial charge in [-0.05, 0) is 36.1 Å². The van der Waals surface area contributed by atoms with Crippen LogP contribution in [0.5, 0.6) is 0 Å². The molecule has 1 aliphatic rings. The lowest BCUT2D eigenvalue weighted by Gasteiger charge is -2.19. The van der Waals surface area contributed by atoms with Gasteiger partial charge in [-0.15, -0.1) is 0 Å². The lowest BCUT2D eigenvalue weighted by atomic mass is 9.98. The number of methoxy groups -OCH3 is 1. The fourth-order valence-corrected chi connectivity index (χ4v) is 4.18. The van der Waals surface area contributed by atoms with E-state index in [1.807, 2.05) is 42.5 Å². The molecule has 176 valence electrons. The van der Waals surface area contributed by atoms with Crippen LogP contribution in [-0.2, 0) is 14.3 Å². The minimum absolute atomic E-state index is 0.0479. The Labute approximate surface area is 199 Å². The highest BCUT2D eigenvalue weighted by atomic mass is 32.1. The van der Waals surface area contributed by atoms with Gasteiger partial charge in [-0.1, -0.05) is 36.4 Å². The third-order valence-electron chi connectivity index (χ3n) is 5.57. The van der Waals surface area contributed by atoms with Crippen molar-refractivity contribution in [3.63, 3.8) is 0 Å². The van der Waals surface area contributed by atoms with E-state index in [9.17, 15) is 14.4 Å². The number of primary amides is 1. The van der Waals surface area contributed by atoms with Crippen LogP contribution in [0.2, 0.25) is 0 Å². The Kier molecular flexibility index (Phi) is 8.73. The first-order valence-electron chi connectivity index (χ1n) is 10.9. The zero-order valence-electron chi connectivity index (χ0n) is 18.5. The van der Waals surface area contributed by atoms with Crippen LogP contribution >= 0.6 is 12.6 Å². The number of thiol groups is 1. The van der Waals surface area contributed by atoms with Gasteiger partial charge in [-0.3, -0.25) is 9.59 Å². The predicted octanol–water partition coefficient (Wildman–Crippen LogP) is 1.96. The van der Waals surface area contributed by atoms with Gasteiger partial charge in [0.2, 0.25) is 5.91 Å². The molecule has 3 rings (SSSR count). The van der Waals surface area contributed by atoms with Crippen LogP contribution < -0.4 is 21.7 Å². The molecular weight excluding hydrogens is 440 g/mol. The number of hydrogen-bond donors (Lipinski definition) is 5. The zero-order valence-corrected chi connectivity index (χ0v) is 19.4. The highest BCUT2D eigenvalue weighted by molar-refractivity contribution is 7.81. The molecule has 1 unspecified atom stereocenters. The average molecular weight is 471 g/mol. The van der Waals surface area contributed by atoms with Gasteiger partial charge in [0.1, 0.15) is 6.04 Å². The molecule has 1 saturated heterocycles. The Hall–Kier alpha value is -3.04. The number of benzene rings is 2. The lowest BCUT2D eigenvalue weighted by molar-refractivity contribution is -0.143. The third-order valence-corrected chi connectivity index (χ3v) is 5.96. The third kappa shape index (κ3) is 6.97. The van der Waals surface area contributed by atoms with Crippen molar-refractivity contribution in [3.8, 4) is 11.1 Å². The first-order valence-corrected chi connectivity index (χ1v) is 11.4. The fourth-order valence-electron chi connectivity index (χ4n) is 3.82. The second kappa shape index (κ2) is 11.7. The Morgan fingerprint density at radius 2 is 1.97 bits per heavy atom. The first-order chi connectivity index (χ1) is 15.9. The van der Waals surface area contributed by atoms with Crippen molar-refractivity contribution in [2.24, 2.45) is 5.73 Å². The van der Waals surface area contributed by atoms with Crippen LogP contribution in [0.25, 0.3) is 11.1 Å². The molecule has 0 aromatic heterocycles. The van der Waals surface area contributed by atoms with E-state index in [-0.39, 0.29) is 12.8 Å². The number of hydrogen-bond acceptors (Lipinski definition) is 7. The van der Waals surface area contributed by atoms with Gasteiger partial charge in [-0.2, -0.15) is 12.6 Å². The standard InChI is InChI=1S/C24H30N4O4S/c1-32-24(31)21(9-10-22(25)29)28-23(30)20-12-16(26-13-17-11-18(33)14-27-17)7-8-19(20)15-5-3-2-4-6-15/h2-8,12,17-18,21,26-27,33H,9-11,13-14H2,1H3,(H2,25,29)(H,28,30)/t17-,18-,21?/m0/s1. The van der Waals surface area contributed by atoms with Crippen LogP contribution in [0.1, 0.15) is 29.6 Å². The summed E-state index contributed by atoms with van der Waals surface area (Å²) in [6, 6.07) is 14.4. The van der Waals surface area contributed by atoms with Gasteiger partial charge >= 0.3 is 5.97 Å². The number of ether oxygens (including phenoxy) is 1. The second-order valence-corrected chi connectivity index (χ2v) is 8.79. The normalized spacial score (nSPS) is 18.4. The smallest absolute Gasteiger partial charge is 0.328 e. The number of nitrogens with one attached hydrogen (secondary N) is 3. The van der Waals surface area contributed by atoms with Crippen LogP contribution in [0.15, 0.2) is 48.5 Å². The van der Waals surface area contributed by atoms with E-state index in [0.29, 0.717) is 23.4 Å². The van der Waals surface area contributed by atoms with Crippen molar-refractivity contribution in [2.75, 3.05) is 25.5 Å². The van der Waals surface area contributed by atoms with E-state index in [2.05, 4.69) is 28.6 Å². The maximum atomic E-state index is 13.3. The quantitative estimate of drug-likeness (QED) is 0.267. The molecule has 3 atom stereocenters. The molecule has 0 radical (unpaired) electrons. The summed E-state index contributed by atoms with van der Waals surface area (Å²) in [6.07, 6.45) is 0.977. The van der Waals surface area contributed by atoms with E-state index in [1.54, 1.807) is 6.07 Å². The monoisotopic (exact) mass is 470 g/mol. The Morgan fingerprint density at radius 1 is 1.21 bits per heavy atom. The predicted molar refractivity (Wildman–Crippen MR) is 131 cm³/mol. The summed E-state index contributed by atoms with van der Waals surface area (Å²) in [7, 11) is 1.23. The molecule has 2 aromatic rings. The van der Waals surface area contributed by atoms with Crippen LogP contribution in [0, 0.1) is 0 Å². The van der Waals surface area contributed by atoms with Crippen molar-refractivity contribution >= 4 is 36.1 Å². The zero-order chi connectivity index (χ0) is 23.8. The van der Waals surface area contributed by atoms with Gasteiger partial charge < -0.3 is 26.4 Å². The molecule has 33 heavy (non-hydrogen) atoms. The molecule has 2 amide bonds. The fraction of sp³-hybridized carbons (Fsp3) is 0.375. The molecular formula is C24H30N4O4S. The summed E-state index contributed by atoms with van der Waals surface area (Å²) in [5.41, 5.74) is 8.01. The second-order valence-electron chi connectivity index (χ2n) is 8.06. The largest absolute Gasteiger partial charge is 0.467 e. The number of nitrogens with two attached hydrogens (primary N) is 1. The van der Waals surface area contributed by atoms with E-state index in [4.69, 9.17) is 10.5 Å². The molecule has 0 aliphatic carbocycles. The summed E-state index contributed by atoms with van der Waals surface area (Å²) in [4.78, 5) is 36.7. The molecule has 1 fully saturated rings. The van der Waals surface area contributed by atoms with Gasteiger partial charge in [0.15, 0.2) is 0 Å².